The number of rotatable bonds is 3. The molecule has 0 aliphatic carbocycles. The van der Waals surface area contributed by atoms with Gasteiger partial charge < -0.3 is 5.32 Å². The Kier molecular flexibility index (Phi) is 4.56. The van der Waals surface area contributed by atoms with Gasteiger partial charge >= 0.3 is 0 Å². The Hall–Kier alpha value is -3.09. The molecule has 1 aliphatic rings. The van der Waals surface area contributed by atoms with Crippen molar-refractivity contribution in [1.29, 1.82) is 0 Å². The molecule has 2 heterocycles. The molecule has 1 fully saturated rings. The number of piperidine rings is 1. The Labute approximate surface area is 143 Å². The minimum atomic E-state index is -0.735. The van der Waals surface area contributed by atoms with Gasteiger partial charge in [0.1, 0.15) is 11.9 Å². The molecular formula is C18H16FN3O3. The minimum Gasteiger partial charge on any atom is -0.340 e. The molecule has 0 radical (unpaired) electrons. The Bertz CT molecular complexity index is 849. The van der Waals surface area contributed by atoms with Gasteiger partial charge in [-0.25, -0.2) is 4.39 Å². The van der Waals surface area contributed by atoms with Crippen LogP contribution in [0.2, 0.25) is 0 Å². The van der Waals surface area contributed by atoms with E-state index >= 15 is 0 Å². The zero-order chi connectivity index (χ0) is 18.0. The fourth-order valence-corrected chi connectivity index (χ4v) is 2.65. The van der Waals surface area contributed by atoms with E-state index in [1.807, 2.05) is 0 Å². The highest BCUT2D eigenvalue weighted by Crippen LogP contribution is 2.19. The molecule has 128 valence electrons. The van der Waals surface area contributed by atoms with Crippen LogP contribution in [0, 0.1) is 12.7 Å². The Morgan fingerprint density at radius 1 is 1.20 bits per heavy atom. The van der Waals surface area contributed by atoms with Crippen LogP contribution in [0.3, 0.4) is 0 Å². The predicted molar refractivity (Wildman–Crippen MR) is 88.0 cm³/mol. The monoisotopic (exact) mass is 341 g/mol. The SMILES string of the molecule is Cc1nc(-c2ccc(F)cc2)ccc1C(=O)NC1CCC(=O)NC1=O. The number of carbonyl (C=O) groups excluding carboxylic acids is 3. The zero-order valence-electron chi connectivity index (χ0n) is 13.5. The van der Waals surface area contributed by atoms with E-state index in [1.165, 1.54) is 12.1 Å². The number of hydrogen-bond acceptors (Lipinski definition) is 4. The molecule has 1 atom stereocenters. The molecule has 1 aromatic heterocycles. The summed E-state index contributed by atoms with van der Waals surface area (Å²) in [6, 6.07) is 8.45. The first-order chi connectivity index (χ1) is 11.9. The smallest absolute Gasteiger partial charge is 0.253 e. The lowest BCUT2D eigenvalue weighted by Crippen LogP contribution is -2.52. The maximum absolute atomic E-state index is 13.0. The quantitative estimate of drug-likeness (QED) is 0.832. The number of aromatic nitrogens is 1. The first-order valence-corrected chi connectivity index (χ1v) is 7.82. The number of amides is 3. The van der Waals surface area contributed by atoms with Crippen LogP contribution in [-0.4, -0.2) is 28.7 Å². The van der Waals surface area contributed by atoms with Gasteiger partial charge in [0.05, 0.1) is 17.0 Å². The summed E-state index contributed by atoms with van der Waals surface area (Å²) in [5.41, 5.74) is 2.19. The van der Waals surface area contributed by atoms with Gasteiger partial charge in [-0.3, -0.25) is 24.7 Å². The average molecular weight is 341 g/mol. The summed E-state index contributed by atoms with van der Waals surface area (Å²) >= 11 is 0. The third-order valence-electron chi connectivity index (χ3n) is 4.01. The van der Waals surface area contributed by atoms with Gasteiger partial charge in [0.15, 0.2) is 0 Å². The van der Waals surface area contributed by atoms with Crippen molar-refractivity contribution in [3.8, 4) is 11.3 Å². The predicted octanol–water partition coefficient (Wildman–Crippen LogP) is 1.73. The molecule has 7 heteroatoms. The van der Waals surface area contributed by atoms with Crippen molar-refractivity contribution in [3.05, 3.63) is 53.5 Å². The molecular weight excluding hydrogens is 325 g/mol. The van der Waals surface area contributed by atoms with E-state index in [4.69, 9.17) is 0 Å². The third kappa shape index (κ3) is 3.71. The number of nitrogens with zero attached hydrogens (tertiary/aromatic N) is 1. The first kappa shape index (κ1) is 16.8. The van der Waals surface area contributed by atoms with Crippen LogP contribution in [0.1, 0.15) is 28.9 Å². The summed E-state index contributed by atoms with van der Waals surface area (Å²) in [7, 11) is 0. The molecule has 1 unspecified atom stereocenters. The number of pyridine rings is 1. The number of benzene rings is 1. The molecule has 3 amide bonds. The fourth-order valence-electron chi connectivity index (χ4n) is 2.65. The van der Waals surface area contributed by atoms with Crippen molar-refractivity contribution in [2.75, 3.05) is 0 Å². The summed E-state index contributed by atoms with van der Waals surface area (Å²) in [5, 5.41) is 4.82. The number of imide groups is 1. The summed E-state index contributed by atoms with van der Waals surface area (Å²) in [6.07, 6.45) is 0.466. The van der Waals surface area contributed by atoms with E-state index < -0.39 is 17.9 Å². The lowest BCUT2D eigenvalue weighted by atomic mass is 10.0. The summed E-state index contributed by atoms with van der Waals surface area (Å²) in [6.45, 7) is 1.69. The zero-order valence-corrected chi connectivity index (χ0v) is 13.5. The summed E-state index contributed by atoms with van der Waals surface area (Å²) in [4.78, 5) is 39.6. The largest absolute Gasteiger partial charge is 0.340 e. The van der Waals surface area contributed by atoms with E-state index in [-0.39, 0.29) is 24.6 Å². The van der Waals surface area contributed by atoms with Gasteiger partial charge in [-0.2, -0.15) is 0 Å². The molecule has 0 saturated carbocycles. The van der Waals surface area contributed by atoms with Crippen LogP contribution in [0.25, 0.3) is 11.3 Å². The Morgan fingerprint density at radius 3 is 2.56 bits per heavy atom. The second-order valence-electron chi connectivity index (χ2n) is 5.81. The molecule has 2 N–H and O–H groups in total. The van der Waals surface area contributed by atoms with Gasteiger partial charge in [0.25, 0.3) is 5.91 Å². The molecule has 0 bridgehead atoms. The van der Waals surface area contributed by atoms with Crippen molar-refractivity contribution in [1.82, 2.24) is 15.6 Å². The van der Waals surface area contributed by atoms with Crippen LogP contribution in [0.4, 0.5) is 4.39 Å². The molecule has 1 aromatic carbocycles. The average Bonchev–Trinajstić information content (AvgIpc) is 2.58. The van der Waals surface area contributed by atoms with Crippen LogP contribution in [-0.2, 0) is 9.59 Å². The van der Waals surface area contributed by atoms with Crippen molar-refractivity contribution in [2.45, 2.75) is 25.8 Å². The van der Waals surface area contributed by atoms with Gasteiger partial charge in [-0.1, -0.05) is 0 Å². The van der Waals surface area contributed by atoms with Gasteiger partial charge in [-0.05, 0) is 49.7 Å². The summed E-state index contributed by atoms with van der Waals surface area (Å²) in [5.74, 6) is -1.60. The van der Waals surface area contributed by atoms with Crippen molar-refractivity contribution in [2.24, 2.45) is 0 Å². The van der Waals surface area contributed by atoms with Crippen LogP contribution in [0.5, 0.6) is 0 Å². The molecule has 1 saturated heterocycles. The van der Waals surface area contributed by atoms with Gasteiger partial charge in [-0.15, -0.1) is 0 Å². The Balaban J connectivity index is 1.76. The highest BCUT2D eigenvalue weighted by atomic mass is 19.1. The van der Waals surface area contributed by atoms with Crippen LogP contribution in [0.15, 0.2) is 36.4 Å². The van der Waals surface area contributed by atoms with E-state index in [0.717, 1.165) is 5.56 Å². The third-order valence-corrected chi connectivity index (χ3v) is 4.01. The van der Waals surface area contributed by atoms with Gasteiger partial charge in [0.2, 0.25) is 11.8 Å². The van der Waals surface area contributed by atoms with E-state index in [1.54, 1.807) is 31.2 Å². The topological polar surface area (TPSA) is 88.2 Å². The van der Waals surface area contributed by atoms with E-state index in [0.29, 0.717) is 17.0 Å². The maximum Gasteiger partial charge on any atom is 0.253 e. The number of carbonyl (C=O) groups is 3. The Morgan fingerprint density at radius 2 is 1.92 bits per heavy atom. The fraction of sp³-hybridized carbons (Fsp3) is 0.222. The number of hydrogen-bond donors (Lipinski definition) is 2. The van der Waals surface area contributed by atoms with Crippen LogP contribution >= 0.6 is 0 Å². The standard InChI is InChI=1S/C18H16FN3O3/c1-10-13(17(24)21-15-8-9-16(23)22-18(15)25)6-7-14(20-10)11-2-4-12(19)5-3-11/h2-7,15H,8-9H2,1H3,(H,21,24)(H,22,23,25). The molecule has 25 heavy (non-hydrogen) atoms. The normalized spacial score (nSPS) is 17.1. The molecule has 0 spiro atoms. The second-order valence-corrected chi connectivity index (χ2v) is 5.81. The number of halogens is 1. The highest BCUT2D eigenvalue weighted by molar-refractivity contribution is 6.04. The minimum absolute atomic E-state index is 0.192. The van der Waals surface area contributed by atoms with Crippen molar-refractivity contribution < 1.29 is 18.8 Å². The molecule has 6 nitrogen and oxygen atoms in total. The molecule has 2 aromatic rings. The van der Waals surface area contributed by atoms with Crippen molar-refractivity contribution >= 4 is 17.7 Å². The van der Waals surface area contributed by atoms with E-state index in [9.17, 15) is 18.8 Å². The molecule has 3 rings (SSSR count). The lowest BCUT2D eigenvalue weighted by Gasteiger charge is -2.22. The van der Waals surface area contributed by atoms with Crippen LogP contribution < -0.4 is 10.6 Å². The first-order valence-electron chi connectivity index (χ1n) is 7.82. The summed E-state index contributed by atoms with van der Waals surface area (Å²) < 4.78 is 13.0. The number of aryl methyl sites for hydroxylation is 1. The number of nitrogens with one attached hydrogen (secondary N) is 2. The lowest BCUT2D eigenvalue weighted by molar-refractivity contribution is -0.134. The van der Waals surface area contributed by atoms with Gasteiger partial charge in [0, 0.05) is 12.0 Å². The maximum atomic E-state index is 13.0. The highest BCUT2D eigenvalue weighted by Gasteiger charge is 2.28. The second kappa shape index (κ2) is 6.80. The van der Waals surface area contributed by atoms with Crippen molar-refractivity contribution in [3.63, 3.8) is 0 Å². The molecule has 1 aliphatic heterocycles. The van der Waals surface area contributed by atoms with E-state index in [2.05, 4.69) is 15.6 Å².